The highest BCUT2D eigenvalue weighted by molar-refractivity contribution is 5.72. The molecule has 0 aromatic heterocycles. The third-order valence-corrected chi connectivity index (χ3v) is 12.3. The molecule has 2 unspecified atom stereocenters. The average Bonchev–Trinajstić information content (AvgIpc) is 3.31. The van der Waals surface area contributed by atoms with E-state index in [-0.39, 0.29) is 36.2 Å². The van der Waals surface area contributed by atoms with E-state index in [4.69, 9.17) is 14.2 Å². The molecule has 0 saturated heterocycles. The van der Waals surface area contributed by atoms with Gasteiger partial charge in [0.15, 0.2) is 12.1 Å². The fraction of sp³-hybridized carbons (Fsp3) is 0.721. The van der Waals surface area contributed by atoms with Crippen LogP contribution in [-0.4, -0.2) is 80.6 Å². The van der Waals surface area contributed by atoms with Crippen molar-refractivity contribution in [2.45, 2.75) is 244 Å². The van der Waals surface area contributed by atoms with Crippen molar-refractivity contribution in [3.8, 4) is 0 Å². The van der Waals surface area contributed by atoms with Crippen molar-refractivity contribution >= 4 is 17.9 Å². The zero-order chi connectivity index (χ0) is 50.6. The number of carbonyl (C=O) groups is 3. The molecule has 2 atom stereocenters. The number of hydrogen-bond donors (Lipinski definition) is 1. The maximum atomic E-state index is 12.8. The minimum atomic E-state index is -0.877. The summed E-state index contributed by atoms with van der Waals surface area (Å²) in [6, 6.07) is -0.620. The van der Waals surface area contributed by atoms with Crippen LogP contribution in [0.3, 0.4) is 0 Å². The second-order valence-electron chi connectivity index (χ2n) is 19.8. The van der Waals surface area contributed by atoms with E-state index in [0.717, 1.165) is 89.9 Å². The van der Waals surface area contributed by atoms with Gasteiger partial charge in [0.05, 0.1) is 34.4 Å². The summed E-state index contributed by atoms with van der Waals surface area (Å²) in [5, 5.41) is 9.68. The van der Waals surface area contributed by atoms with Crippen molar-refractivity contribution in [1.29, 1.82) is 0 Å². The lowest BCUT2D eigenvalue weighted by atomic mass is 10.0. The number of ether oxygens (including phenoxy) is 3. The Morgan fingerprint density at radius 2 is 0.768 bits per heavy atom. The average molecular weight is 966 g/mol. The first-order valence-electron chi connectivity index (χ1n) is 28.1. The van der Waals surface area contributed by atoms with Crippen LogP contribution in [0.15, 0.2) is 85.1 Å². The molecule has 0 radical (unpaired) electrons. The molecule has 0 bridgehead atoms. The summed E-state index contributed by atoms with van der Waals surface area (Å²) in [5.74, 6) is -1.47. The molecule has 0 amide bonds. The lowest BCUT2D eigenvalue weighted by Gasteiger charge is -2.31. The van der Waals surface area contributed by atoms with Gasteiger partial charge in [-0.3, -0.25) is 9.59 Å². The first-order valence-corrected chi connectivity index (χ1v) is 28.1. The first-order chi connectivity index (χ1) is 33.6. The van der Waals surface area contributed by atoms with Crippen molar-refractivity contribution in [1.82, 2.24) is 0 Å². The SMILES string of the molecule is CC/C=C/C/C=C/C/C=C/C/C=C/CCCCCCCCCCCC(=O)OC(COCCC(C(=O)O)[N+](C)(C)C)COC(=O)CCCCCCCCCCCCCCC/C=C/C/C=C/C/C=C/CC. The van der Waals surface area contributed by atoms with Crippen LogP contribution < -0.4 is 0 Å². The summed E-state index contributed by atoms with van der Waals surface area (Å²) in [6.07, 6.45) is 67.8. The third-order valence-electron chi connectivity index (χ3n) is 12.3. The standard InChI is InChI=1S/C61H105NO7/c1-6-8-10-12-14-16-18-20-22-24-26-28-30-32-33-35-37-39-41-43-45-47-49-51-59(63)68-56-57(55-67-54-53-58(61(65)66)62(3,4)5)69-60(64)52-50-48-46-44-42-40-38-36-34-31-29-27-25-23-21-19-17-15-13-11-9-7-2/h8-11,14-17,20-23,27,29,57-58H,6-7,12-13,18-19,24-26,28,30-56H2,1-5H3/p+1/b10-8+,11-9+,16-14+,17-15+,22-20+,23-21+,29-27+. The Hall–Kier alpha value is -3.49. The smallest absolute Gasteiger partial charge is 0.362 e. The summed E-state index contributed by atoms with van der Waals surface area (Å²) < 4.78 is 17.4. The van der Waals surface area contributed by atoms with Crippen LogP contribution in [0.2, 0.25) is 0 Å². The highest BCUT2D eigenvalue weighted by Gasteiger charge is 2.31. The summed E-state index contributed by atoms with van der Waals surface area (Å²) in [7, 11) is 5.54. The van der Waals surface area contributed by atoms with E-state index in [1.807, 2.05) is 21.1 Å². The minimum Gasteiger partial charge on any atom is -0.477 e. The number of carboxylic acids is 1. The number of nitrogens with zero attached hydrogens (tertiary/aromatic N) is 1. The molecular formula is C61H106NO7+. The molecule has 8 nitrogen and oxygen atoms in total. The lowest BCUT2D eigenvalue weighted by molar-refractivity contribution is -0.887. The number of allylic oxidation sites excluding steroid dienone is 14. The lowest BCUT2D eigenvalue weighted by Crippen LogP contribution is -2.50. The number of hydrogen-bond acceptors (Lipinski definition) is 6. The molecular weight excluding hydrogens is 859 g/mol. The number of aliphatic carboxylic acids is 1. The molecule has 0 aliphatic heterocycles. The molecule has 0 aliphatic carbocycles. The largest absolute Gasteiger partial charge is 0.477 e. The van der Waals surface area contributed by atoms with E-state index < -0.39 is 18.1 Å². The van der Waals surface area contributed by atoms with Gasteiger partial charge in [-0.25, -0.2) is 4.79 Å². The topological polar surface area (TPSA) is 99.1 Å². The van der Waals surface area contributed by atoms with Crippen LogP contribution in [0.5, 0.6) is 0 Å². The quantitative estimate of drug-likeness (QED) is 0.0281. The van der Waals surface area contributed by atoms with Gasteiger partial charge in [0.2, 0.25) is 0 Å². The van der Waals surface area contributed by atoms with Gasteiger partial charge in [-0.15, -0.1) is 0 Å². The summed E-state index contributed by atoms with van der Waals surface area (Å²) >= 11 is 0. The van der Waals surface area contributed by atoms with E-state index in [1.165, 1.54) is 109 Å². The molecule has 396 valence electrons. The fourth-order valence-electron chi connectivity index (χ4n) is 8.04. The Morgan fingerprint density at radius 3 is 1.13 bits per heavy atom. The van der Waals surface area contributed by atoms with Gasteiger partial charge in [0.1, 0.15) is 6.61 Å². The molecule has 0 aromatic carbocycles. The summed E-state index contributed by atoms with van der Waals surface area (Å²) in [6.45, 7) is 4.53. The van der Waals surface area contributed by atoms with Crippen molar-refractivity contribution in [3.05, 3.63) is 85.1 Å². The summed E-state index contributed by atoms with van der Waals surface area (Å²) in [4.78, 5) is 37.3. The summed E-state index contributed by atoms with van der Waals surface area (Å²) in [5.41, 5.74) is 0. The van der Waals surface area contributed by atoms with Gasteiger partial charge in [0, 0.05) is 19.3 Å². The van der Waals surface area contributed by atoms with Gasteiger partial charge >= 0.3 is 17.9 Å². The Balaban J connectivity index is 4.19. The van der Waals surface area contributed by atoms with Gasteiger partial charge < -0.3 is 23.8 Å². The molecule has 69 heavy (non-hydrogen) atoms. The first kappa shape index (κ1) is 65.5. The number of quaternary nitrogens is 1. The highest BCUT2D eigenvalue weighted by atomic mass is 16.6. The van der Waals surface area contributed by atoms with Crippen molar-refractivity contribution in [2.75, 3.05) is 41.0 Å². The molecule has 0 rings (SSSR count). The maximum absolute atomic E-state index is 12.8. The number of unbranched alkanes of at least 4 members (excludes halogenated alkanes) is 22. The Morgan fingerprint density at radius 1 is 0.435 bits per heavy atom. The van der Waals surface area contributed by atoms with Crippen LogP contribution in [0.1, 0.15) is 232 Å². The fourth-order valence-corrected chi connectivity index (χ4v) is 8.04. The molecule has 0 heterocycles. The molecule has 0 fully saturated rings. The predicted molar refractivity (Wildman–Crippen MR) is 293 cm³/mol. The van der Waals surface area contributed by atoms with Crippen LogP contribution in [0.25, 0.3) is 0 Å². The van der Waals surface area contributed by atoms with Crippen molar-refractivity contribution < 1.29 is 38.2 Å². The second kappa shape index (κ2) is 50.9. The minimum absolute atomic E-state index is 0.0557. The van der Waals surface area contributed by atoms with Gasteiger partial charge in [0.25, 0.3) is 0 Å². The van der Waals surface area contributed by atoms with Crippen LogP contribution in [0, 0.1) is 0 Å². The Kier molecular flexibility index (Phi) is 48.3. The third kappa shape index (κ3) is 49.3. The number of likely N-dealkylation sites (N-methyl/N-ethyl adjacent to an activating group) is 1. The molecule has 1 N–H and O–H groups in total. The van der Waals surface area contributed by atoms with Crippen LogP contribution >= 0.6 is 0 Å². The molecule has 0 aliphatic rings. The van der Waals surface area contributed by atoms with Crippen LogP contribution in [0.4, 0.5) is 0 Å². The van der Waals surface area contributed by atoms with Gasteiger partial charge in [-0.05, 0) is 83.5 Å². The highest BCUT2D eigenvalue weighted by Crippen LogP contribution is 2.16. The van der Waals surface area contributed by atoms with E-state index in [2.05, 4.69) is 98.9 Å². The Bertz CT molecular complexity index is 1400. The zero-order valence-corrected chi connectivity index (χ0v) is 45.2. The maximum Gasteiger partial charge on any atom is 0.362 e. The number of carbonyl (C=O) groups excluding carboxylic acids is 2. The van der Waals surface area contributed by atoms with Gasteiger partial charge in [-0.2, -0.15) is 0 Å². The second-order valence-corrected chi connectivity index (χ2v) is 19.8. The molecule has 0 spiro atoms. The Labute approximate surface area is 424 Å². The monoisotopic (exact) mass is 965 g/mol. The van der Waals surface area contributed by atoms with E-state index >= 15 is 0 Å². The molecule has 8 heteroatoms. The van der Waals surface area contributed by atoms with E-state index in [0.29, 0.717) is 19.3 Å². The number of carboxylic acid groups (broad SMARTS) is 1. The van der Waals surface area contributed by atoms with Crippen molar-refractivity contribution in [3.63, 3.8) is 0 Å². The molecule has 0 saturated carbocycles. The normalized spacial score (nSPS) is 13.5. The van der Waals surface area contributed by atoms with E-state index in [9.17, 15) is 19.5 Å². The van der Waals surface area contributed by atoms with Gasteiger partial charge in [-0.1, -0.05) is 214 Å². The van der Waals surface area contributed by atoms with Crippen molar-refractivity contribution in [2.24, 2.45) is 0 Å². The predicted octanol–water partition coefficient (Wildman–Crippen LogP) is 16.8. The zero-order valence-electron chi connectivity index (χ0n) is 45.2. The van der Waals surface area contributed by atoms with E-state index in [1.54, 1.807) is 0 Å². The van der Waals surface area contributed by atoms with Crippen LogP contribution in [-0.2, 0) is 28.6 Å². The number of rotatable bonds is 50. The number of esters is 2. The molecule has 0 aromatic rings.